The number of methoxy groups -OCH3 is 1. The number of carbonyl (C=O) groups is 2. The third kappa shape index (κ3) is 5.87. The summed E-state index contributed by atoms with van der Waals surface area (Å²) in [6, 6.07) is 7.77. The Balaban J connectivity index is 1.65. The van der Waals surface area contributed by atoms with Gasteiger partial charge < -0.3 is 14.8 Å². The molecule has 132 valence electrons. The maximum Gasteiger partial charge on any atom is 0.306 e. The highest BCUT2D eigenvalue weighted by atomic mass is 16.5. The summed E-state index contributed by atoms with van der Waals surface area (Å²) >= 11 is 0. The first-order chi connectivity index (χ1) is 11.6. The van der Waals surface area contributed by atoms with E-state index >= 15 is 0 Å². The molecule has 5 heteroatoms. The molecule has 1 aliphatic rings. The lowest BCUT2D eigenvalue weighted by Crippen LogP contribution is -2.42. The quantitative estimate of drug-likeness (QED) is 0.779. The van der Waals surface area contributed by atoms with Crippen LogP contribution in [0.4, 0.5) is 0 Å². The van der Waals surface area contributed by atoms with Crippen molar-refractivity contribution in [3.63, 3.8) is 0 Å². The van der Waals surface area contributed by atoms with Crippen molar-refractivity contribution in [3.8, 4) is 5.75 Å². The van der Waals surface area contributed by atoms with Gasteiger partial charge in [0.05, 0.1) is 7.11 Å². The van der Waals surface area contributed by atoms with Gasteiger partial charge in [-0.1, -0.05) is 31.9 Å². The molecule has 5 nitrogen and oxygen atoms in total. The molecule has 1 amide bonds. The van der Waals surface area contributed by atoms with Crippen molar-refractivity contribution in [2.75, 3.05) is 13.7 Å². The molecule has 1 aliphatic carbocycles. The molecule has 1 aromatic rings. The number of amides is 1. The summed E-state index contributed by atoms with van der Waals surface area (Å²) in [5, 5.41) is 2.98. The lowest BCUT2D eigenvalue weighted by Gasteiger charge is -2.29. The first-order valence-corrected chi connectivity index (χ1v) is 8.66. The van der Waals surface area contributed by atoms with Crippen molar-refractivity contribution in [2.24, 2.45) is 5.92 Å². The van der Waals surface area contributed by atoms with E-state index in [9.17, 15) is 9.59 Å². The Morgan fingerprint density at radius 1 is 1.17 bits per heavy atom. The van der Waals surface area contributed by atoms with Crippen LogP contribution in [-0.4, -0.2) is 31.6 Å². The molecule has 2 atom stereocenters. The molecular weight excluding hydrogens is 306 g/mol. The Morgan fingerprint density at radius 3 is 2.54 bits per heavy atom. The fourth-order valence-corrected chi connectivity index (χ4v) is 3.04. The number of hydrogen-bond acceptors (Lipinski definition) is 4. The first-order valence-electron chi connectivity index (χ1n) is 8.66. The predicted octanol–water partition coefficient (Wildman–Crippen LogP) is 2.87. The number of aryl methyl sites for hydroxylation is 1. The zero-order chi connectivity index (χ0) is 17.4. The third-order valence-corrected chi connectivity index (χ3v) is 4.60. The van der Waals surface area contributed by atoms with Crippen LogP contribution in [0.1, 0.15) is 44.6 Å². The zero-order valence-corrected chi connectivity index (χ0v) is 14.5. The van der Waals surface area contributed by atoms with Gasteiger partial charge in [-0.05, 0) is 42.9 Å². The van der Waals surface area contributed by atoms with Crippen molar-refractivity contribution in [1.82, 2.24) is 5.32 Å². The van der Waals surface area contributed by atoms with Gasteiger partial charge in [0.15, 0.2) is 6.61 Å². The van der Waals surface area contributed by atoms with E-state index in [4.69, 9.17) is 9.47 Å². The van der Waals surface area contributed by atoms with Gasteiger partial charge in [-0.2, -0.15) is 0 Å². The molecule has 0 saturated heterocycles. The normalized spacial score (nSPS) is 20.2. The minimum absolute atomic E-state index is 0.190. The van der Waals surface area contributed by atoms with Crippen molar-refractivity contribution in [1.29, 1.82) is 0 Å². The van der Waals surface area contributed by atoms with Crippen LogP contribution in [0.2, 0.25) is 0 Å². The van der Waals surface area contributed by atoms with E-state index in [1.807, 2.05) is 24.3 Å². The molecule has 0 unspecified atom stereocenters. The van der Waals surface area contributed by atoms with Crippen LogP contribution in [-0.2, 0) is 20.7 Å². The Kier molecular flexibility index (Phi) is 7.09. The highest BCUT2D eigenvalue weighted by Crippen LogP contribution is 2.23. The molecule has 0 radical (unpaired) electrons. The van der Waals surface area contributed by atoms with E-state index in [1.54, 1.807) is 7.11 Å². The van der Waals surface area contributed by atoms with Gasteiger partial charge >= 0.3 is 5.97 Å². The molecule has 24 heavy (non-hydrogen) atoms. The van der Waals surface area contributed by atoms with E-state index in [2.05, 4.69) is 12.2 Å². The predicted molar refractivity (Wildman–Crippen MR) is 91.8 cm³/mol. The van der Waals surface area contributed by atoms with Gasteiger partial charge in [0.25, 0.3) is 5.91 Å². The lowest BCUT2D eigenvalue weighted by molar-refractivity contribution is -0.148. The van der Waals surface area contributed by atoms with E-state index < -0.39 is 0 Å². The summed E-state index contributed by atoms with van der Waals surface area (Å²) in [7, 11) is 1.62. The first kappa shape index (κ1) is 18.3. The summed E-state index contributed by atoms with van der Waals surface area (Å²) in [6.07, 6.45) is 5.39. The second-order valence-corrected chi connectivity index (χ2v) is 6.44. The molecule has 1 saturated carbocycles. The maximum absolute atomic E-state index is 11.9. The van der Waals surface area contributed by atoms with E-state index in [0.29, 0.717) is 12.3 Å². The van der Waals surface area contributed by atoms with E-state index in [-0.39, 0.29) is 30.9 Å². The smallest absolute Gasteiger partial charge is 0.306 e. The molecular formula is C19H27NO4. The SMILES string of the molecule is COc1ccc(CCC(=O)OCC(=O)N[C@@H]2CCCC[C@@H]2C)cc1. The van der Waals surface area contributed by atoms with Crippen LogP contribution in [0, 0.1) is 5.92 Å². The van der Waals surface area contributed by atoms with E-state index in [0.717, 1.165) is 30.6 Å². The molecule has 1 fully saturated rings. The lowest BCUT2D eigenvalue weighted by atomic mass is 9.86. The van der Waals surface area contributed by atoms with Gasteiger partial charge in [0.1, 0.15) is 5.75 Å². The van der Waals surface area contributed by atoms with Crippen LogP contribution < -0.4 is 10.1 Å². The summed E-state index contributed by atoms with van der Waals surface area (Å²) < 4.78 is 10.2. The molecule has 2 rings (SSSR count). The van der Waals surface area contributed by atoms with E-state index in [1.165, 1.54) is 6.42 Å². The van der Waals surface area contributed by atoms with Crippen LogP contribution in [0.3, 0.4) is 0 Å². The average Bonchev–Trinajstić information content (AvgIpc) is 2.60. The number of hydrogen-bond donors (Lipinski definition) is 1. The van der Waals surface area contributed by atoms with Crippen LogP contribution in [0.15, 0.2) is 24.3 Å². The maximum atomic E-state index is 11.9. The van der Waals surface area contributed by atoms with Gasteiger partial charge in [-0.3, -0.25) is 9.59 Å². The fourth-order valence-electron chi connectivity index (χ4n) is 3.04. The van der Waals surface area contributed by atoms with Gasteiger partial charge in [-0.15, -0.1) is 0 Å². The highest BCUT2D eigenvalue weighted by molar-refractivity contribution is 5.80. The third-order valence-electron chi connectivity index (χ3n) is 4.60. The molecule has 1 N–H and O–H groups in total. The Morgan fingerprint density at radius 2 is 1.88 bits per heavy atom. The summed E-state index contributed by atoms with van der Waals surface area (Å²) in [4.78, 5) is 23.7. The van der Waals surface area contributed by atoms with Crippen molar-refractivity contribution in [3.05, 3.63) is 29.8 Å². The summed E-state index contributed by atoms with van der Waals surface area (Å²) in [5.74, 6) is 0.729. The van der Waals surface area contributed by atoms with Gasteiger partial charge in [0.2, 0.25) is 0 Å². The summed E-state index contributed by atoms with van der Waals surface area (Å²) in [5.41, 5.74) is 1.04. The highest BCUT2D eigenvalue weighted by Gasteiger charge is 2.23. The average molecular weight is 333 g/mol. The number of carbonyl (C=O) groups excluding carboxylic acids is 2. The molecule has 0 spiro atoms. The minimum Gasteiger partial charge on any atom is -0.497 e. The second-order valence-electron chi connectivity index (χ2n) is 6.44. The monoisotopic (exact) mass is 333 g/mol. The molecule has 1 aromatic carbocycles. The van der Waals surface area contributed by atoms with Crippen molar-refractivity contribution < 1.29 is 19.1 Å². The van der Waals surface area contributed by atoms with Gasteiger partial charge in [0, 0.05) is 12.5 Å². The van der Waals surface area contributed by atoms with Crippen molar-refractivity contribution in [2.45, 2.75) is 51.5 Å². The second kappa shape index (κ2) is 9.30. The minimum atomic E-state index is -0.349. The Labute approximate surface area is 143 Å². The summed E-state index contributed by atoms with van der Waals surface area (Å²) in [6.45, 7) is 1.97. The largest absolute Gasteiger partial charge is 0.497 e. The Bertz CT molecular complexity index is 541. The molecule has 0 aliphatic heterocycles. The molecule has 0 aromatic heterocycles. The fraction of sp³-hybridized carbons (Fsp3) is 0.579. The number of nitrogens with one attached hydrogen (secondary N) is 1. The number of rotatable bonds is 7. The van der Waals surface area contributed by atoms with Crippen LogP contribution in [0.5, 0.6) is 5.75 Å². The zero-order valence-electron chi connectivity index (χ0n) is 14.5. The Hall–Kier alpha value is -2.04. The molecule has 0 heterocycles. The number of ether oxygens (including phenoxy) is 2. The molecule has 0 bridgehead atoms. The standard InChI is InChI=1S/C19H27NO4/c1-14-5-3-4-6-17(14)20-18(21)13-24-19(22)12-9-15-7-10-16(23-2)11-8-15/h7-8,10-11,14,17H,3-6,9,12-13H2,1-2H3,(H,20,21)/t14-,17+/m0/s1. The number of esters is 1. The van der Waals surface area contributed by atoms with Gasteiger partial charge in [-0.25, -0.2) is 0 Å². The van der Waals surface area contributed by atoms with Crippen molar-refractivity contribution >= 4 is 11.9 Å². The topological polar surface area (TPSA) is 64.6 Å². The van der Waals surface area contributed by atoms with Crippen LogP contribution >= 0.6 is 0 Å². The number of benzene rings is 1. The van der Waals surface area contributed by atoms with Crippen LogP contribution in [0.25, 0.3) is 0 Å².